The third-order valence-electron chi connectivity index (χ3n) is 6.31. The fourth-order valence-electron chi connectivity index (χ4n) is 4.30. The smallest absolute Gasteiger partial charge is 0.410 e. The Bertz CT molecular complexity index is 1180. The van der Waals surface area contributed by atoms with Crippen LogP contribution >= 0.6 is 23.2 Å². The van der Waals surface area contributed by atoms with Crippen LogP contribution in [0.15, 0.2) is 35.4 Å². The number of rotatable bonds is 6. The molecule has 0 spiro atoms. The van der Waals surface area contributed by atoms with Gasteiger partial charge in [0.1, 0.15) is 16.8 Å². The molecule has 0 N–H and O–H groups in total. The van der Waals surface area contributed by atoms with E-state index in [2.05, 4.69) is 14.9 Å². The molecule has 2 aliphatic heterocycles. The molecule has 0 radical (unpaired) electrons. The second-order valence-corrected chi connectivity index (χ2v) is 11.2. The maximum absolute atomic E-state index is 13.0. The van der Waals surface area contributed by atoms with E-state index in [9.17, 15) is 13.2 Å². The Morgan fingerprint density at radius 1 is 1.14 bits per heavy atom. The largest absolute Gasteiger partial charge is 0.467 e. The van der Waals surface area contributed by atoms with Crippen molar-refractivity contribution in [2.45, 2.75) is 36.3 Å². The molecular weight excluding hydrogens is 517 g/mol. The van der Waals surface area contributed by atoms with Crippen LogP contribution in [0.3, 0.4) is 0 Å². The number of anilines is 1. The summed E-state index contributed by atoms with van der Waals surface area (Å²) in [5.74, 6) is 0.786. The van der Waals surface area contributed by atoms with Crippen molar-refractivity contribution in [1.29, 1.82) is 0 Å². The Kier molecular flexibility index (Phi) is 7.89. The monoisotopic (exact) mass is 543 g/mol. The van der Waals surface area contributed by atoms with Crippen LogP contribution in [0.1, 0.15) is 19.3 Å². The summed E-state index contributed by atoms with van der Waals surface area (Å²) in [7, 11) is -0.579. The first kappa shape index (κ1) is 25.7. The van der Waals surface area contributed by atoms with Gasteiger partial charge in [-0.25, -0.2) is 18.2 Å². The van der Waals surface area contributed by atoms with Crippen molar-refractivity contribution >= 4 is 45.1 Å². The SMILES string of the molecule is COc1nccc(N2CCC(N(C)C(=O)O[C@H]3CCN(S(=O)(=O)c4ccc(Cl)cc4Cl)C3)CC2)n1. The highest BCUT2D eigenvalue weighted by molar-refractivity contribution is 7.89. The zero-order valence-corrected chi connectivity index (χ0v) is 21.8. The molecular formula is C22H27Cl2N5O5S. The molecule has 2 fully saturated rings. The maximum atomic E-state index is 13.0. The van der Waals surface area contributed by atoms with Crippen LogP contribution in [0.25, 0.3) is 0 Å². The third-order valence-corrected chi connectivity index (χ3v) is 8.90. The lowest BCUT2D eigenvalue weighted by Gasteiger charge is -2.37. The van der Waals surface area contributed by atoms with Gasteiger partial charge in [0.05, 0.1) is 18.7 Å². The highest BCUT2D eigenvalue weighted by Crippen LogP contribution is 2.30. The van der Waals surface area contributed by atoms with Crippen LogP contribution in [-0.2, 0) is 14.8 Å². The summed E-state index contributed by atoms with van der Waals surface area (Å²) in [6, 6.07) is 6.42. The molecule has 13 heteroatoms. The van der Waals surface area contributed by atoms with E-state index in [1.54, 1.807) is 18.1 Å². The van der Waals surface area contributed by atoms with Gasteiger partial charge in [0, 0.05) is 43.9 Å². The van der Waals surface area contributed by atoms with Crippen molar-refractivity contribution in [2.75, 3.05) is 45.2 Å². The van der Waals surface area contributed by atoms with E-state index >= 15 is 0 Å². The Labute approximate surface area is 214 Å². The van der Waals surface area contributed by atoms with Crippen molar-refractivity contribution < 1.29 is 22.7 Å². The number of amides is 1. The van der Waals surface area contributed by atoms with Gasteiger partial charge in [-0.1, -0.05) is 23.2 Å². The van der Waals surface area contributed by atoms with Crippen molar-refractivity contribution in [3.8, 4) is 6.01 Å². The van der Waals surface area contributed by atoms with Gasteiger partial charge in [0.25, 0.3) is 0 Å². The fourth-order valence-corrected chi connectivity index (χ4v) is 6.53. The van der Waals surface area contributed by atoms with E-state index in [-0.39, 0.29) is 29.0 Å². The average Bonchev–Trinajstić information content (AvgIpc) is 3.33. The van der Waals surface area contributed by atoms with Gasteiger partial charge in [-0.15, -0.1) is 0 Å². The number of carbonyl (C=O) groups is 1. The minimum absolute atomic E-state index is 0.0107. The topological polar surface area (TPSA) is 105 Å². The number of hydrogen-bond donors (Lipinski definition) is 0. The Morgan fingerprint density at radius 2 is 1.89 bits per heavy atom. The summed E-state index contributed by atoms with van der Waals surface area (Å²) in [6.07, 6.45) is 2.58. The Hall–Kier alpha value is -2.34. The first-order valence-corrected chi connectivity index (χ1v) is 13.4. The molecule has 35 heavy (non-hydrogen) atoms. The number of methoxy groups -OCH3 is 1. The summed E-state index contributed by atoms with van der Waals surface area (Å²) in [4.78, 5) is 24.9. The number of sulfonamides is 1. The number of ether oxygens (including phenoxy) is 2. The summed E-state index contributed by atoms with van der Waals surface area (Å²) in [5, 5.41) is 0.414. The van der Waals surface area contributed by atoms with Gasteiger partial charge in [0.15, 0.2) is 0 Å². The number of benzene rings is 1. The number of aromatic nitrogens is 2. The molecule has 1 atom stereocenters. The Morgan fingerprint density at radius 3 is 2.57 bits per heavy atom. The zero-order valence-electron chi connectivity index (χ0n) is 19.4. The van der Waals surface area contributed by atoms with Crippen LogP contribution in [0.2, 0.25) is 10.0 Å². The third kappa shape index (κ3) is 5.74. The number of hydrogen-bond acceptors (Lipinski definition) is 8. The van der Waals surface area contributed by atoms with E-state index in [1.807, 2.05) is 6.07 Å². The predicted molar refractivity (Wildman–Crippen MR) is 132 cm³/mol. The molecule has 3 heterocycles. The lowest BCUT2D eigenvalue weighted by molar-refractivity contribution is 0.0607. The van der Waals surface area contributed by atoms with Crippen LogP contribution in [0, 0.1) is 0 Å². The van der Waals surface area contributed by atoms with E-state index in [1.165, 1.54) is 29.6 Å². The van der Waals surface area contributed by atoms with Gasteiger partial charge in [-0.3, -0.25) is 0 Å². The van der Waals surface area contributed by atoms with Crippen LogP contribution in [0.5, 0.6) is 6.01 Å². The highest BCUT2D eigenvalue weighted by atomic mass is 35.5. The molecule has 10 nitrogen and oxygen atoms in total. The standard InChI is InChI=1S/C22H27Cl2N5O5S/c1-27(16-6-10-28(11-7-16)20-5-9-25-21(26-20)33-2)22(30)34-17-8-12-29(14-17)35(31,32)19-4-3-15(23)13-18(19)24/h3-5,9,13,16-17H,6-8,10-12,14H2,1-2H3/t17-/m0/s1. The highest BCUT2D eigenvalue weighted by Gasteiger charge is 2.37. The number of carbonyl (C=O) groups excluding carboxylic acids is 1. The molecule has 2 aromatic rings. The van der Waals surface area contributed by atoms with Gasteiger partial charge >= 0.3 is 12.1 Å². The summed E-state index contributed by atoms with van der Waals surface area (Å²) >= 11 is 12.0. The predicted octanol–water partition coefficient (Wildman–Crippen LogP) is 3.29. The van der Waals surface area contributed by atoms with Crippen LogP contribution in [0.4, 0.5) is 10.6 Å². The second kappa shape index (κ2) is 10.7. The van der Waals surface area contributed by atoms with Crippen molar-refractivity contribution in [2.24, 2.45) is 0 Å². The molecule has 4 rings (SSSR count). The summed E-state index contributed by atoms with van der Waals surface area (Å²) < 4.78 is 38.0. The number of halogens is 2. The van der Waals surface area contributed by atoms with Crippen molar-refractivity contribution in [3.63, 3.8) is 0 Å². The molecule has 0 aliphatic carbocycles. The second-order valence-electron chi connectivity index (χ2n) is 8.46. The lowest BCUT2D eigenvalue weighted by Crippen LogP contribution is -2.46. The first-order chi connectivity index (χ1) is 16.7. The molecule has 1 aromatic carbocycles. The molecule has 0 saturated carbocycles. The van der Waals surface area contributed by atoms with Crippen LogP contribution < -0.4 is 9.64 Å². The van der Waals surface area contributed by atoms with E-state index in [0.717, 1.165) is 31.7 Å². The maximum Gasteiger partial charge on any atom is 0.410 e. The van der Waals surface area contributed by atoms with Crippen LogP contribution in [-0.4, -0.2) is 86.2 Å². The number of piperidine rings is 1. The van der Waals surface area contributed by atoms with Gasteiger partial charge in [-0.2, -0.15) is 9.29 Å². The molecule has 1 aromatic heterocycles. The molecule has 0 bridgehead atoms. The minimum Gasteiger partial charge on any atom is -0.467 e. The van der Waals surface area contributed by atoms with E-state index < -0.39 is 22.2 Å². The van der Waals surface area contributed by atoms with E-state index in [0.29, 0.717) is 17.5 Å². The molecule has 2 aliphatic rings. The first-order valence-electron chi connectivity index (χ1n) is 11.2. The summed E-state index contributed by atoms with van der Waals surface area (Å²) in [5.41, 5.74) is 0. The molecule has 0 unspecified atom stereocenters. The minimum atomic E-state index is -3.82. The fraction of sp³-hybridized carbons (Fsp3) is 0.500. The molecule has 190 valence electrons. The normalized spacial score (nSPS) is 19.5. The number of nitrogens with zero attached hydrogens (tertiary/aromatic N) is 5. The van der Waals surface area contributed by atoms with Crippen molar-refractivity contribution in [1.82, 2.24) is 19.2 Å². The zero-order chi connectivity index (χ0) is 25.2. The van der Waals surface area contributed by atoms with Gasteiger partial charge in [0.2, 0.25) is 10.0 Å². The molecule has 1 amide bonds. The van der Waals surface area contributed by atoms with Gasteiger partial charge in [-0.05, 0) is 43.5 Å². The summed E-state index contributed by atoms with van der Waals surface area (Å²) in [6.45, 7) is 1.76. The van der Waals surface area contributed by atoms with E-state index in [4.69, 9.17) is 32.7 Å². The molecule has 2 saturated heterocycles. The van der Waals surface area contributed by atoms with Crippen molar-refractivity contribution in [3.05, 3.63) is 40.5 Å². The lowest BCUT2D eigenvalue weighted by atomic mass is 10.0. The average molecular weight is 544 g/mol. The van der Waals surface area contributed by atoms with Gasteiger partial charge < -0.3 is 19.3 Å². The Balaban J connectivity index is 1.30. The quantitative estimate of drug-likeness (QED) is 0.546.